The van der Waals surface area contributed by atoms with Crippen molar-refractivity contribution < 1.29 is 23.7 Å². The molecule has 3 aliphatic heterocycles. The number of carbonyl (C=O) groups is 1. The summed E-state index contributed by atoms with van der Waals surface area (Å²) in [6.07, 6.45) is 2.76. The van der Waals surface area contributed by atoms with Gasteiger partial charge >= 0.3 is 0 Å². The van der Waals surface area contributed by atoms with E-state index >= 15 is 0 Å². The van der Waals surface area contributed by atoms with Gasteiger partial charge in [-0.25, -0.2) is 0 Å². The van der Waals surface area contributed by atoms with Crippen molar-refractivity contribution in [2.75, 3.05) is 63.4 Å². The van der Waals surface area contributed by atoms with Crippen LogP contribution in [0.25, 0.3) is 11.0 Å². The van der Waals surface area contributed by atoms with Crippen LogP contribution in [0.1, 0.15) is 16.8 Å². The van der Waals surface area contributed by atoms with Gasteiger partial charge in [-0.1, -0.05) is 0 Å². The predicted octanol–water partition coefficient (Wildman–Crippen LogP) is 2.15. The second kappa shape index (κ2) is 8.99. The number of ether oxygens (including phenoxy) is 4. The van der Waals surface area contributed by atoms with E-state index in [4.69, 9.17) is 23.9 Å². The maximum atomic E-state index is 13.1. The Hall–Kier alpha value is -3.57. The zero-order valence-electron chi connectivity index (χ0n) is 18.6. The highest BCUT2D eigenvalue weighted by Crippen LogP contribution is 2.42. The number of anilines is 3. The predicted molar refractivity (Wildman–Crippen MR) is 124 cm³/mol. The summed E-state index contributed by atoms with van der Waals surface area (Å²) in [5.41, 5.74) is 1.82. The zero-order valence-corrected chi connectivity index (χ0v) is 18.6. The molecule has 3 aliphatic rings. The van der Waals surface area contributed by atoms with E-state index in [1.54, 1.807) is 17.0 Å². The average molecular weight is 466 g/mol. The first kappa shape index (κ1) is 21.0. The van der Waals surface area contributed by atoms with Crippen molar-refractivity contribution in [2.24, 2.45) is 0 Å². The molecule has 34 heavy (non-hydrogen) atoms. The Morgan fingerprint density at radius 1 is 1.00 bits per heavy atom. The highest BCUT2D eigenvalue weighted by Gasteiger charge is 2.28. The minimum Gasteiger partial charge on any atom is -0.485 e. The van der Waals surface area contributed by atoms with Crippen molar-refractivity contribution in [2.45, 2.75) is 12.5 Å². The van der Waals surface area contributed by atoms with Gasteiger partial charge < -0.3 is 39.5 Å². The van der Waals surface area contributed by atoms with Crippen molar-refractivity contribution in [3.63, 3.8) is 0 Å². The smallest absolute Gasteiger partial charge is 0.257 e. The van der Waals surface area contributed by atoms with E-state index in [1.807, 2.05) is 12.3 Å². The Balaban J connectivity index is 1.32. The summed E-state index contributed by atoms with van der Waals surface area (Å²) in [6, 6.07) is 5.72. The summed E-state index contributed by atoms with van der Waals surface area (Å²) in [4.78, 5) is 27.4. The lowest BCUT2D eigenvalue weighted by atomic mass is 10.1. The molecule has 1 amide bonds. The van der Waals surface area contributed by atoms with E-state index in [1.165, 1.54) is 0 Å². The molecule has 2 aromatic heterocycles. The van der Waals surface area contributed by atoms with E-state index < -0.39 is 0 Å². The molecular formula is C23H26N6O5. The van der Waals surface area contributed by atoms with Crippen LogP contribution in [0.3, 0.4) is 0 Å². The maximum absolute atomic E-state index is 13.1. The van der Waals surface area contributed by atoms with Crippen molar-refractivity contribution in [3.8, 4) is 11.5 Å². The molecular weight excluding hydrogens is 440 g/mol. The average Bonchev–Trinajstić information content (AvgIpc) is 3.57. The largest absolute Gasteiger partial charge is 0.485 e. The second-order valence-corrected chi connectivity index (χ2v) is 8.39. The third-order valence-electron chi connectivity index (χ3n) is 6.15. The van der Waals surface area contributed by atoms with Gasteiger partial charge in [0.2, 0.25) is 5.95 Å². The van der Waals surface area contributed by atoms with Gasteiger partial charge in [-0.2, -0.15) is 9.97 Å². The molecule has 3 N–H and O–H groups in total. The lowest BCUT2D eigenvalue weighted by molar-refractivity contribution is 0.0298. The number of benzene rings is 1. The Kier molecular flexibility index (Phi) is 5.55. The summed E-state index contributed by atoms with van der Waals surface area (Å²) in [5.74, 6) is 1.97. The molecule has 0 unspecified atom stereocenters. The Labute approximate surface area is 195 Å². The fourth-order valence-corrected chi connectivity index (χ4v) is 4.41. The third kappa shape index (κ3) is 3.97. The molecule has 178 valence electrons. The fraction of sp³-hybridized carbons (Fsp3) is 0.435. The number of nitrogens with one attached hydrogen (secondary N) is 3. The number of aromatic nitrogens is 3. The van der Waals surface area contributed by atoms with Crippen molar-refractivity contribution in [1.29, 1.82) is 0 Å². The van der Waals surface area contributed by atoms with Crippen LogP contribution < -0.4 is 20.1 Å². The van der Waals surface area contributed by atoms with Gasteiger partial charge in [0.15, 0.2) is 11.5 Å². The van der Waals surface area contributed by atoms with Crippen LogP contribution in [-0.4, -0.2) is 84.5 Å². The molecule has 11 nitrogen and oxygen atoms in total. The normalized spacial score (nSPS) is 19.9. The molecule has 1 atom stereocenters. The van der Waals surface area contributed by atoms with Crippen LogP contribution in [0.4, 0.5) is 17.5 Å². The van der Waals surface area contributed by atoms with Gasteiger partial charge in [0.05, 0.1) is 42.5 Å². The Morgan fingerprint density at radius 2 is 1.85 bits per heavy atom. The van der Waals surface area contributed by atoms with Gasteiger partial charge in [0.25, 0.3) is 5.91 Å². The zero-order chi connectivity index (χ0) is 22.9. The molecule has 2 fully saturated rings. The second-order valence-electron chi connectivity index (χ2n) is 8.39. The van der Waals surface area contributed by atoms with Gasteiger partial charge in [-0.15, -0.1) is 0 Å². The quantitative estimate of drug-likeness (QED) is 0.519. The fourth-order valence-electron chi connectivity index (χ4n) is 4.41. The number of aromatic amines is 1. The highest BCUT2D eigenvalue weighted by molar-refractivity contribution is 5.99. The number of nitrogens with zero attached hydrogens (tertiary/aromatic N) is 3. The minimum absolute atomic E-state index is 0.0917. The Bertz CT molecular complexity index is 1200. The molecule has 1 aromatic carbocycles. The molecule has 0 aliphatic carbocycles. The standard InChI is InChI=1S/C23H26N6O5/c30-22(29-6-9-31-10-7-29)15-1-2-17(19-18(15)33-11-12-34-19)26-23-27-20-16(3-5-24-20)21(28-23)25-14-4-8-32-13-14/h1-3,5,14H,4,6-13H2,(H3,24,25,26,27,28)/t14-/m0/s1. The van der Waals surface area contributed by atoms with Crippen molar-refractivity contribution in [3.05, 3.63) is 30.0 Å². The van der Waals surface area contributed by atoms with Crippen LogP contribution >= 0.6 is 0 Å². The number of H-pyrrole nitrogens is 1. The molecule has 0 radical (unpaired) electrons. The van der Waals surface area contributed by atoms with E-state index in [-0.39, 0.29) is 11.9 Å². The van der Waals surface area contributed by atoms with Crippen molar-refractivity contribution in [1.82, 2.24) is 19.9 Å². The van der Waals surface area contributed by atoms with Crippen LogP contribution in [-0.2, 0) is 9.47 Å². The number of fused-ring (bicyclic) bond motifs is 2. The third-order valence-corrected chi connectivity index (χ3v) is 6.15. The minimum atomic E-state index is -0.0917. The first-order valence-corrected chi connectivity index (χ1v) is 11.5. The van der Waals surface area contributed by atoms with Crippen LogP contribution in [0, 0.1) is 0 Å². The highest BCUT2D eigenvalue weighted by atomic mass is 16.6. The van der Waals surface area contributed by atoms with Gasteiger partial charge in [0, 0.05) is 25.9 Å². The number of morpholine rings is 1. The summed E-state index contributed by atoms with van der Waals surface area (Å²) in [5, 5.41) is 7.64. The number of hydrogen-bond donors (Lipinski definition) is 3. The van der Waals surface area contributed by atoms with Gasteiger partial charge in [0.1, 0.15) is 24.7 Å². The van der Waals surface area contributed by atoms with Crippen LogP contribution in [0.15, 0.2) is 24.4 Å². The SMILES string of the molecule is O=C(c1ccc(Nc2nc(N[C@H]3CCOC3)c3cc[nH]c3n2)c2c1OCCO2)N1CCOCC1. The van der Waals surface area contributed by atoms with E-state index in [0.29, 0.717) is 80.5 Å². The maximum Gasteiger partial charge on any atom is 0.257 e. The van der Waals surface area contributed by atoms with Gasteiger partial charge in [-0.05, 0) is 24.6 Å². The molecule has 11 heteroatoms. The van der Waals surface area contributed by atoms with Gasteiger partial charge in [-0.3, -0.25) is 4.79 Å². The number of amides is 1. The molecule has 5 heterocycles. The number of carbonyl (C=O) groups excluding carboxylic acids is 1. The van der Waals surface area contributed by atoms with Crippen molar-refractivity contribution >= 4 is 34.4 Å². The summed E-state index contributed by atoms with van der Waals surface area (Å²) < 4.78 is 22.7. The van der Waals surface area contributed by atoms with E-state index in [9.17, 15) is 4.79 Å². The van der Waals surface area contributed by atoms with E-state index in [0.717, 1.165) is 24.2 Å². The number of rotatable bonds is 5. The number of hydrogen-bond acceptors (Lipinski definition) is 9. The molecule has 6 rings (SSSR count). The van der Waals surface area contributed by atoms with E-state index in [2.05, 4.69) is 20.6 Å². The lowest BCUT2D eigenvalue weighted by Crippen LogP contribution is -2.41. The lowest BCUT2D eigenvalue weighted by Gasteiger charge is -2.29. The summed E-state index contributed by atoms with van der Waals surface area (Å²) in [7, 11) is 0. The topological polar surface area (TPSA) is 123 Å². The molecule has 0 saturated carbocycles. The summed E-state index contributed by atoms with van der Waals surface area (Å²) in [6.45, 7) is 4.34. The molecule has 3 aromatic rings. The molecule has 2 saturated heterocycles. The first-order chi connectivity index (χ1) is 16.8. The molecule has 0 spiro atoms. The van der Waals surface area contributed by atoms with Crippen LogP contribution in [0.5, 0.6) is 11.5 Å². The first-order valence-electron chi connectivity index (χ1n) is 11.5. The molecule has 0 bridgehead atoms. The monoisotopic (exact) mass is 466 g/mol. The van der Waals surface area contributed by atoms with Crippen LogP contribution in [0.2, 0.25) is 0 Å². The Morgan fingerprint density at radius 3 is 2.68 bits per heavy atom. The summed E-state index contributed by atoms with van der Waals surface area (Å²) >= 11 is 0.